The summed E-state index contributed by atoms with van der Waals surface area (Å²) in [6.45, 7) is 12.1. The van der Waals surface area contributed by atoms with Gasteiger partial charge in [-0.25, -0.2) is 4.79 Å². The van der Waals surface area contributed by atoms with Crippen molar-refractivity contribution in [1.29, 1.82) is 0 Å². The van der Waals surface area contributed by atoms with Gasteiger partial charge in [-0.15, -0.1) is 0 Å². The number of hydrogen-bond donors (Lipinski definition) is 1. The fraction of sp³-hybridized carbons (Fsp3) is 0.944. The summed E-state index contributed by atoms with van der Waals surface area (Å²) in [5.74, 6) is 1.65. The summed E-state index contributed by atoms with van der Waals surface area (Å²) in [6, 6.07) is 1.02. The van der Waals surface area contributed by atoms with E-state index in [1.54, 1.807) is 0 Å². The number of nitrogens with one attached hydrogen (secondary N) is 1. The van der Waals surface area contributed by atoms with Gasteiger partial charge in [0.15, 0.2) is 0 Å². The molecule has 2 rings (SSSR count). The summed E-state index contributed by atoms with van der Waals surface area (Å²) in [4.78, 5) is 14.2. The van der Waals surface area contributed by atoms with Gasteiger partial charge in [0.05, 0.1) is 0 Å². The zero-order valence-electron chi connectivity index (χ0n) is 15.0. The van der Waals surface area contributed by atoms with Crippen molar-refractivity contribution in [3.05, 3.63) is 0 Å². The molecule has 0 heterocycles. The lowest BCUT2D eigenvalue weighted by Crippen LogP contribution is -2.44. The lowest BCUT2D eigenvalue weighted by Gasteiger charge is -2.33. The monoisotopic (exact) mass is 310 g/mol. The molecule has 3 atom stereocenters. The van der Waals surface area contributed by atoms with Crippen LogP contribution in [0.4, 0.5) is 4.79 Å². The third-order valence-electron chi connectivity index (χ3n) is 5.00. The molecule has 2 aliphatic carbocycles. The Hall–Kier alpha value is -0.770. The van der Waals surface area contributed by atoms with Crippen LogP contribution < -0.4 is 5.32 Å². The SMILES string of the molecule is CC1CCC(NCCN(C(=O)OC(C)(C)C)C2CC2)CC1C. The highest BCUT2D eigenvalue weighted by Crippen LogP contribution is 2.30. The van der Waals surface area contributed by atoms with E-state index in [4.69, 9.17) is 4.74 Å². The first kappa shape index (κ1) is 17.6. The minimum atomic E-state index is -0.410. The topological polar surface area (TPSA) is 41.6 Å². The molecule has 0 aromatic carbocycles. The standard InChI is InChI=1S/C18H34N2O2/c1-13-6-7-15(12-14(13)2)19-10-11-20(16-8-9-16)17(21)22-18(3,4)5/h13-16,19H,6-12H2,1-5H3. The maximum Gasteiger partial charge on any atom is 0.410 e. The molecule has 1 amide bonds. The van der Waals surface area contributed by atoms with Gasteiger partial charge in [-0.2, -0.15) is 0 Å². The van der Waals surface area contributed by atoms with Gasteiger partial charge in [0.1, 0.15) is 5.60 Å². The van der Waals surface area contributed by atoms with E-state index >= 15 is 0 Å². The number of carbonyl (C=O) groups excluding carboxylic acids is 1. The first-order valence-electron chi connectivity index (χ1n) is 8.99. The van der Waals surface area contributed by atoms with Crippen LogP contribution in [0.15, 0.2) is 0 Å². The quantitative estimate of drug-likeness (QED) is 0.840. The van der Waals surface area contributed by atoms with E-state index in [1.165, 1.54) is 19.3 Å². The fourth-order valence-corrected chi connectivity index (χ4v) is 3.25. The Labute approximate surface area is 136 Å². The van der Waals surface area contributed by atoms with E-state index in [0.29, 0.717) is 12.1 Å². The zero-order valence-corrected chi connectivity index (χ0v) is 15.0. The number of rotatable bonds is 5. The summed E-state index contributed by atoms with van der Waals surface area (Å²) < 4.78 is 5.53. The summed E-state index contributed by atoms with van der Waals surface area (Å²) in [6.07, 6.45) is 5.94. The Morgan fingerprint density at radius 3 is 2.36 bits per heavy atom. The van der Waals surface area contributed by atoms with Crippen LogP contribution >= 0.6 is 0 Å². The number of hydrogen-bond acceptors (Lipinski definition) is 3. The molecule has 3 unspecified atom stereocenters. The Morgan fingerprint density at radius 2 is 1.82 bits per heavy atom. The summed E-state index contributed by atoms with van der Waals surface area (Å²) >= 11 is 0. The molecule has 4 heteroatoms. The smallest absolute Gasteiger partial charge is 0.410 e. The molecule has 2 fully saturated rings. The van der Waals surface area contributed by atoms with Crippen molar-refractivity contribution >= 4 is 6.09 Å². The first-order valence-corrected chi connectivity index (χ1v) is 8.99. The highest BCUT2D eigenvalue weighted by molar-refractivity contribution is 5.69. The van der Waals surface area contributed by atoms with Crippen molar-refractivity contribution in [3.63, 3.8) is 0 Å². The first-order chi connectivity index (χ1) is 10.3. The van der Waals surface area contributed by atoms with Gasteiger partial charge < -0.3 is 15.0 Å². The van der Waals surface area contributed by atoms with E-state index in [2.05, 4.69) is 19.2 Å². The largest absolute Gasteiger partial charge is 0.444 e. The number of carbonyl (C=O) groups is 1. The van der Waals surface area contributed by atoms with E-state index in [0.717, 1.165) is 37.8 Å². The van der Waals surface area contributed by atoms with Crippen molar-refractivity contribution in [2.75, 3.05) is 13.1 Å². The van der Waals surface area contributed by atoms with Crippen molar-refractivity contribution < 1.29 is 9.53 Å². The summed E-state index contributed by atoms with van der Waals surface area (Å²) in [7, 11) is 0. The van der Waals surface area contributed by atoms with Gasteiger partial charge in [0, 0.05) is 25.2 Å². The molecular formula is C18H34N2O2. The van der Waals surface area contributed by atoms with Gasteiger partial charge in [0.2, 0.25) is 0 Å². The van der Waals surface area contributed by atoms with Crippen LogP contribution in [0.25, 0.3) is 0 Å². The van der Waals surface area contributed by atoms with E-state index in [-0.39, 0.29) is 6.09 Å². The Balaban J connectivity index is 1.74. The molecule has 128 valence electrons. The second kappa shape index (κ2) is 7.20. The van der Waals surface area contributed by atoms with Crippen molar-refractivity contribution in [1.82, 2.24) is 10.2 Å². The Kier molecular flexibility index (Phi) is 5.76. The van der Waals surface area contributed by atoms with E-state index < -0.39 is 5.60 Å². The van der Waals surface area contributed by atoms with Crippen LogP contribution in [0.2, 0.25) is 0 Å². The van der Waals surface area contributed by atoms with Crippen molar-refractivity contribution in [2.45, 2.75) is 84.4 Å². The summed E-state index contributed by atoms with van der Waals surface area (Å²) in [5, 5.41) is 3.65. The Bertz CT molecular complexity index is 374. The van der Waals surface area contributed by atoms with E-state index in [9.17, 15) is 4.79 Å². The highest BCUT2D eigenvalue weighted by atomic mass is 16.6. The molecule has 22 heavy (non-hydrogen) atoms. The number of amides is 1. The Morgan fingerprint density at radius 1 is 1.14 bits per heavy atom. The zero-order chi connectivity index (χ0) is 16.3. The van der Waals surface area contributed by atoms with E-state index in [1.807, 2.05) is 25.7 Å². The average molecular weight is 310 g/mol. The normalized spacial score (nSPS) is 29.2. The maximum atomic E-state index is 12.3. The highest BCUT2D eigenvalue weighted by Gasteiger charge is 2.35. The van der Waals surface area contributed by atoms with Crippen LogP contribution in [0, 0.1) is 11.8 Å². The van der Waals surface area contributed by atoms with Crippen LogP contribution in [0.1, 0.15) is 66.7 Å². The minimum absolute atomic E-state index is 0.151. The molecule has 4 nitrogen and oxygen atoms in total. The second-order valence-electron chi connectivity index (χ2n) is 8.32. The third-order valence-corrected chi connectivity index (χ3v) is 5.00. The average Bonchev–Trinajstić information content (AvgIpc) is 3.21. The lowest BCUT2D eigenvalue weighted by atomic mass is 9.79. The number of ether oxygens (including phenoxy) is 1. The molecule has 0 aromatic rings. The van der Waals surface area contributed by atoms with Gasteiger partial charge in [0.25, 0.3) is 0 Å². The van der Waals surface area contributed by atoms with Crippen molar-refractivity contribution in [3.8, 4) is 0 Å². The molecule has 1 N–H and O–H groups in total. The van der Waals surface area contributed by atoms with Crippen LogP contribution in [0.3, 0.4) is 0 Å². The van der Waals surface area contributed by atoms with Gasteiger partial charge in [-0.05, 0) is 64.7 Å². The van der Waals surface area contributed by atoms with Crippen LogP contribution in [0.5, 0.6) is 0 Å². The third kappa shape index (κ3) is 5.45. The molecule has 0 saturated heterocycles. The summed E-state index contributed by atoms with van der Waals surface area (Å²) in [5.41, 5.74) is -0.410. The number of nitrogens with zero attached hydrogens (tertiary/aromatic N) is 1. The molecule has 0 radical (unpaired) electrons. The molecule has 0 aromatic heterocycles. The molecule has 0 spiro atoms. The predicted octanol–water partition coefficient (Wildman–Crippen LogP) is 3.80. The molecule has 2 aliphatic rings. The molecular weight excluding hydrogens is 276 g/mol. The minimum Gasteiger partial charge on any atom is -0.444 e. The predicted molar refractivity (Wildman–Crippen MR) is 89.9 cm³/mol. The van der Waals surface area contributed by atoms with Crippen LogP contribution in [-0.4, -0.2) is 41.8 Å². The van der Waals surface area contributed by atoms with Gasteiger partial charge in [-0.1, -0.05) is 13.8 Å². The molecule has 2 saturated carbocycles. The van der Waals surface area contributed by atoms with Gasteiger partial charge >= 0.3 is 6.09 Å². The molecule has 0 aliphatic heterocycles. The van der Waals surface area contributed by atoms with Crippen LogP contribution in [-0.2, 0) is 4.74 Å². The van der Waals surface area contributed by atoms with Crippen molar-refractivity contribution in [2.24, 2.45) is 11.8 Å². The maximum absolute atomic E-state index is 12.3. The molecule has 0 bridgehead atoms. The second-order valence-corrected chi connectivity index (χ2v) is 8.32. The lowest BCUT2D eigenvalue weighted by molar-refractivity contribution is 0.0233. The fourth-order valence-electron chi connectivity index (χ4n) is 3.25. The van der Waals surface area contributed by atoms with Gasteiger partial charge in [-0.3, -0.25) is 0 Å².